The van der Waals surface area contributed by atoms with E-state index in [0.29, 0.717) is 34.8 Å². The van der Waals surface area contributed by atoms with Crippen LogP contribution in [0.4, 0.5) is 5.95 Å². The third-order valence-corrected chi connectivity index (χ3v) is 8.80. The van der Waals surface area contributed by atoms with Gasteiger partial charge in [-0.3, -0.25) is 4.79 Å². The van der Waals surface area contributed by atoms with Crippen LogP contribution in [0.1, 0.15) is 32.6 Å². The number of benzene rings is 1. The fourth-order valence-electron chi connectivity index (χ4n) is 6.47. The third-order valence-electron chi connectivity index (χ3n) is 8.52. The smallest absolute Gasteiger partial charge is 0.245 e. The Bertz CT molecular complexity index is 1290. The minimum Gasteiger partial charge on any atom is -0.360 e. The van der Waals surface area contributed by atoms with E-state index in [9.17, 15) is 4.79 Å². The number of nitrogens with zero attached hydrogens (tertiary/aromatic N) is 3. The lowest BCUT2D eigenvalue weighted by molar-refractivity contribution is -0.125. The number of rotatable bonds is 7. The Morgan fingerprint density at radius 1 is 1.33 bits per heavy atom. The predicted molar refractivity (Wildman–Crippen MR) is 144 cm³/mol. The van der Waals surface area contributed by atoms with Crippen LogP contribution in [0.3, 0.4) is 0 Å². The first-order valence-corrected chi connectivity index (χ1v) is 13.3. The van der Waals surface area contributed by atoms with Crippen molar-refractivity contribution in [1.82, 2.24) is 25.2 Å². The van der Waals surface area contributed by atoms with E-state index in [0.717, 1.165) is 67.5 Å². The molecule has 36 heavy (non-hydrogen) atoms. The summed E-state index contributed by atoms with van der Waals surface area (Å²) in [4.78, 5) is 26.4. The van der Waals surface area contributed by atoms with Crippen LogP contribution in [-0.4, -0.2) is 57.0 Å². The molecule has 2 aliphatic carbocycles. The van der Waals surface area contributed by atoms with Crippen molar-refractivity contribution in [3.63, 3.8) is 0 Å². The topological polar surface area (TPSA) is 85.9 Å². The van der Waals surface area contributed by atoms with Crippen LogP contribution in [0.25, 0.3) is 22.2 Å². The number of halogens is 1. The van der Waals surface area contributed by atoms with Crippen molar-refractivity contribution in [2.24, 2.45) is 17.8 Å². The molecule has 0 spiro atoms. The zero-order chi connectivity index (χ0) is 24.9. The van der Waals surface area contributed by atoms with Crippen LogP contribution in [0, 0.1) is 17.8 Å². The molecule has 3 heterocycles. The van der Waals surface area contributed by atoms with Crippen molar-refractivity contribution >= 4 is 34.4 Å². The maximum Gasteiger partial charge on any atom is 0.245 e. The second-order valence-corrected chi connectivity index (χ2v) is 11.4. The quantitative estimate of drug-likeness (QED) is 0.399. The molecule has 2 saturated carbocycles. The molecule has 0 bridgehead atoms. The second-order valence-electron chi connectivity index (χ2n) is 11.0. The zero-order valence-electron chi connectivity index (χ0n) is 20.6. The standard InChI is InChI=1S/C28H33ClN6O/c1-3-25(36)35-15-21-19(22(21)16-35)13-32-28(2)10-6-7-17(11-28)33-27-31-14-23(29)26(34-27)20-12-30-24-9-5-4-8-18(20)24/h3-5,8-9,12,14,17,19,21-22,30,32H,1,6-7,10-11,13,15-16H2,2H3,(H,31,33,34)/t17-,19-,21-,22+,28+/m1/s1. The first-order valence-electron chi connectivity index (χ1n) is 13.0. The number of amides is 1. The molecule has 3 N–H and O–H groups in total. The number of hydrogen-bond acceptors (Lipinski definition) is 5. The van der Waals surface area contributed by atoms with Crippen molar-refractivity contribution in [3.8, 4) is 11.3 Å². The summed E-state index contributed by atoms with van der Waals surface area (Å²) in [5.74, 6) is 2.67. The molecule has 1 saturated heterocycles. The second kappa shape index (κ2) is 9.20. The van der Waals surface area contributed by atoms with Crippen LogP contribution in [0.5, 0.6) is 0 Å². The van der Waals surface area contributed by atoms with E-state index in [1.54, 1.807) is 6.20 Å². The van der Waals surface area contributed by atoms with Crippen molar-refractivity contribution in [2.45, 2.75) is 44.2 Å². The molecule has 5 atom stereocenters. The summed E-state index contributed by atoms with van der Waals surface area (Å²) in [7, 11) is 0. The SMILES string of the molecule is C=CC(=O)N1C[C@@H]2[C@@H](CN[C@@]3(C)CCC[C@@H](Nc4ncc(Cl)c(-c5c[nH]c6ccccc56)n4)C3)[C@@H]2C1. The Kier molecular flexibility index (Phi) is 6.00. The number of aromatic amines is 1. The van der Waals surface area contributed by atoms with E-state index in [1.807, 2.05) is 23.2 Å². The molecule has 0 unspecified atom stereocenters. The fraction of sp³-hybridized carbons (Fsp3) is 0.464. The van der Waals surface area contributed by atoms with Crippen molar-refractivity contribution in [3.05, 3.63) is 54.3 Å². The van der Waals surface area contributed by atoms with Gasteiger partial charge >= 0.3 is 0 Å². The minimum atomic E-state index is 0.0688. The molecule has 3 aliphatic rings. The highest BCUT2D eigenvalue weighted by molar-refractivity contribution is 6.33. The molecular formula is C28H33ClN6O. The number of aromatic nitrogens is 3. The largest absolute Gasteiger partial charge is 0.360 e. The molecule has 1 aromatic carbocycles. The first-order chi connectivity index (χ1) is 17.4. The van der Waals surface area contributed by atoms with Gasteiger partial charge in [0.15, 0.2) is 0 Å². The monoisotopic (exact) mass is 504 g/mol. The number of carbonyl (C=O) groups excluding carboxylic acids is 1. The molecule has 188 valence electrons. The van der Waals surface area contributed by atoms with Crippen LogP contribution in [-0.2, 0) is 4.79 Å². The maximum atomic E-state index is 11.9. The average molecular weight is 505 g/mol. The summed E-state index contributed by atoms with van der Waals surface area (Å²) in [6.07, 6.45) is 9.52. The number of H-pyrrole nitrogens is 1. The molecule has 7 nitrogen and oxygen atoms in total. The number of nitrogens with one attached hydrogen (secondary N) is 3. The van der Waals surface area contributed by atoms with E-state index >= 15 is 0 Å². The van der Waals surface area contributed by atoms with Crippen LogP contribution >= 0.6 is 11.6 Å². The van der Waals surface area contributed by atoms with Crippen molar-refractivity contribution in [2.75, 3.05) is 25.0 Å². The van der Waals surface area contributed by atoms with Crippen LogP contribution < -0.4 is 10.6 Å². The summed E-state index contributed by atoms with van der Waals surface area (Å²) in [5, 5.41) is 9.14. The van der Waals surface area contributed by atoms with Gasteiger partial charge in [-0.05, 0) is 69.0 Å². The van der Waals surface area contributed by atoms with Crippen LogP contribution in [0.15, 0.2) is 49.3 Å². The summed E-state index contributed by atoms with van der Waals surface area (Å²) in [5.41, 5.74) is 2.87. The number of hydrogen-bond donors (Lipinski definition) is 3. The number of piperidine rings is 1. The number of carbonyl (C=O) groups is 1. The number of anilines is 1. The minimum absolute atomic E-state index is 0.0688. The molecule has 6 rings (SSSR count). The molecule has 0 radical (unpaired) electrons. The van der Waals surface area contributed by atoms with Gasteiger partial charge < -0.3 is 20.5 Å². The zero-order valence-corrected chi connectivity index (χ0v) is 21.4. The Labute approximate surface area is 216 Å². The summed E-state index contributed by atoms with van der Waals surface area (Å²) in [6.45, 7) is 8.75. The van der Waals surface area contributed by atoms with Crippen molar-refractivity contribution < 1.29 is 4.79 Å². The third kappa shape index (κ3) is 4.39. The Morgan fingerprint density at radius 3 is 2.94 bits per heavy atom. The van der Waals surface area contributed by atoms with Crippen LogP contribution in [0.2, 0.25) is 5.02 Å². The lowest BCUT2D eigenvalue weighted by Crippen LogP contribution is -2.50. The molecule has 2 aromatic heterocycles. The predicted octanol–water partition coefficient (Wildman–Crippen LogP) is 4.87. The normalized spacial score (nSPS) is 29.2. The van der Waals surface area contributed by atoms with E-state index in [1.165, 1.54) is 6.08 Å². The van der Waals surface area contributed by atoms with Crippen molar-refractivity contribution in [1.29, 1.82) is 0 Å². The summed E-state index contributed by atoms with van der Waals surface area (Å²) in [6, 6.07) is 8.46. The lowest BCUT2D eigenvalue weighted by atomic mass is 9.80. The van der Waals surface area contributed by atoms with Gasteiger partial charge in [0.25, 0.3) is 0 Å². The Hall–Kier alpha value is -2.90. The molecule has 3 aromatic rings. The van der Waals surface area contributed by atoms with E-state index in [-0.39, 0.29) is 11.4 Å². The Balaban J connectivity index is 1.08. The average Bonchev–Trinajstić information content (AvgIpc) is 3.20. The first kappa shape index (κ1) is 23.5. The Morgan fingerprint density at radius 2 is 2.14 bits per heavy atom. The van der Waals surface area contributed by atoms with Gasteiger partial charge in [-0.2, -0.15) is 0 Å². The van der Waals surface area contributed by atoms with E-state index in [2.05, 4.69) is 46.2 Å². The maximum absolute atomic E-state index is 11.9. The van der Waals surface area contributed by atoms with Gasteiger partial charge in [0, 0.05) is 47.3 Å². The summed E-state index contributed by atoms with van der Waals surface area (Å²) < 4.78 is 0. The van der Waals surface area contributed by atoms with E-state index in [4.69, 9.17) is 16.6 Å². The van der Waals surface area contributed by atoms with Gasteiger partial charge in [0.05, 0.1) is 16.9 Å². The fourth-order valence-corrected chi connectivity index (χ4v) is 6.66. The van der Waals surface area contributed by atoms with Gasteiger partial charge in [-0.25, -0.2) is 9.97 Å². The highest BCUT2D eigenvalue weighted by Gasteiger charge is 2.56. The molecule has 8 heteroatoms. The molecule has 1 amide bonds. The molecular weight excluding hydrogens is 472 g/mol. The molecule has 3 fully saturated rings. The van der Waals surface area contributed by atoms with Gasteiger partial charge in [-0.15, -0.1) is 0 Å². The number of para-hydroxylation sites is 1. The number of fused-ring (bicyclic) bond motifs is 2. The number of likely N-dealkylation sites (tertiary alicyclic amines) is 1. The van der Waals surface area contributed by atoms with Gasteiger partial charge in [0.2, 0.25) is 11.9 Å². The highest BCUT2D eigenvalue weighted by atomic mass is 35.5. The van der Waals surface area contributed by atoms with Gasteiger partial charge in [0.1, 0.15) is 0 Å². The van der Waals surface area contributed by atoms with Gasteiger partial charge in [-0.1, -0.05) is 36.4 Å². The summed E-state index contributed by atoms with van der Waals surface area (Å²) >= 11 is 6.52. The molecule has 1 aliphatic heterocycles. The van der Waals surface area contributed by atoms with E-state index < -0.39 is 0 Å². The lowest BCUT2D eigenvalue weighted by Gasteiger charge is -2.39. The highest BCUT2D eigenvalue weighted by Crippen LogP contribution is 2.51.